The molecule has 0 aliphatic rings. The fourth-order valence-electron chi connectivity index (χ4n) is 2.21. The Bertz CT molecular complexity index is 889. The topological polar surface area (TPSA) is 61.4 Å². The molecule has 0 atom stereocenters. The van der Waals surface area contributed by atoms with Crippen molar-refractivity contribution in [3.8, 4) is 5.75 Å². The van der Waals surface area contributed by atoms with Gasteiger partial charge in [-0.05, 0) is 30.3 Å². The molecule has 21 heavy (non-hydrogen) atoms. The molecule has 5 heteroatoms. The Hall–Kier alpha value is -2.82. The second-order valence-corrected chi connectivity index (χ2v) is 4.67. The number of benzene rings is 2. The third-order valence-corrected chi connectivity index (χ3v) is 3.39. The Labute approximate surface area is 120 Å². The van der Waals surface area contributed by atoms with Crippen LogP contribution in [-0.2, 0) is 7.05 Å². The summed E-state index contributed by atoms with van der Waals surface area (Å²) in [4.78, 5) is 23.9. The molecule has 0 bridgehead atoms. The maximum absolute atomic E-state index is 12.5. The highest BCUT2D eigenvalue weighted by molar-refractivity contribution is 6.10. The molecule has 3 rings (SSSR count). The van der Waals surface area contributed by atoms with Crippen molar-refractivity contribution in [2.75, 3.05) is 7.11 Å². The van der Waals surface area contributed by atoms with Crippen molar-refractivity contribution in [2.24, 2.45) is 7.05 Å². The van der Waals surface area contributed by atoms with Gasteiger partial charge in [0.2, 0.25) is 0 Å². The van der Waals surface area contributed by atoms with Gasteiger partial charge in [-0.15, -0.1) is 0 Å². The van der Waals surface area contributed by atoms with E-state index in [-0.39, 0.29) is 5.78 Å². The Morgan fingerprint density at radius 1 is 1.14 bits per heavy atom. The van der Waals surface area contributed by atoms with Gasteiger partial charge in [0.15, 0.2) is 11.4 Å². The molecule has 0 spiro atoms. The normalized spacial score (nSPS) is 10.8. The van der Waals surface area contributed by atoms with Gasteiger partial charge in [-0.3, -0.25) is 9.36 Å². The van der Waals surface area contributed by atoms with Crippen LogP contribution >= 0.6 is 0 Å². The number of ether oxygens (including phenoxy) is 1. The minimum absolute atomic E-state index is 0.151. The lowest BCUT2D eigenvalue weighted by molar-refractivity contribution is 0.103. The first-order valence-corrected chi connectivity index (χ1v) is 6.38. The van der Waals surface area contributed by atoms with Crippen molar-refractivity contribution in [3.05, 3.63) is 64.1 Å². The molecule has 0 amide bonds. The Kier molecular flexibility index (Phi) is 3.10. The molecular formula is C16H13NO4. The van der Waals surface area contributed by atoms with Crippen LogP contribution in [0.5, 0.6) is 5.75 Å². The number of hydrogen-bond acceptors (Lipinski definition) is 4. The van der Waals surface area contributed by atoms with Gasteiger partial charge >= 0.3 is 5.76 Å². The van der Waals surface area contributed by atoms with E-state index in [0.717, 1.165) is 0 Å². The first-order valence-electron chi connectivity index (χ1n) is 6.38. The van der Waals surface area contributed by atoms with Crippen LogP contribution in [0.2, 0.25) is 0 Å². The summed E-state index contributed by atoms with van der Waals surface area (Å²) in [6, 6.07) is 11.9. The van der Waals surface area contributed by atoms with Crippen molar-refractivity contribution < 1.29 is 13.9 Å². The number of hydrogen-bond donors (Lipinski definition) is 0. The summed E-state index contributed by atoms with van der Waals surface area (Å²) in [6.07, 6.45) is 0. The van der Waals surface area contributed by atoms with Gasteiger partial charge in [0.05, 0.1) is 12.6 Å². The van der Waals surface area contributed by atoms with Crippen molar-refractivity contribution in [3.63, 3.8) is 0 Å². The SMILES string of the molecule is COc1cccc(C(=O)c2ccc3c(c2)oc(=O)n3C)c1. The van der Waals surface area contributed by atoms with Crippen LogP contribution in [0.4, 0.5) is 0 Å². The summed E-state index contributed by atoms with van der Waals surface area (Å²) < 4.78 is 11.6. The lowest BCUT2D eigenvalue weighted by Crippen LogP contribution is -2.08. The van der Waals surface area contributed by atoms with Crippen LogP contribution in [0.15, 0.2) is 51.7 Å². The number of aryl methyl sites for hydroxylation is 1. The first-order chi connectivity index (χ1) is 10.1. The van der Waals surface area contributed by atoms with E-state index in [4.69, 9.17) is 9.15 Å². The van der Waals surface area contributed by atoms with Crippen LogP contribution in [0.1, 0.15) is 15.9 Å². The van der Waals surface area contributed by atoms with E-state index in [9.17, 15) is 9.59 Å². The molecule has 0 aliphatic carbocycles. The molecule has 1 aromatic heterocycles. The van der Waals surface area contributed by atoms with Crippen LogP contribution in [0.3, 0.4) is 0 Å². The van der Waals surface area contributed by atoms with E-state index in [0.29, 0.717) is 28.0 Å². The molecule has 1 heterocycles. The molecule has 106 valence electrons. The zero-order valence-corrected chi connectivity index (χ0v) is 11.6. The van der Waals surface area contributed by atoms with E-state index in [1.54, 1.807) is 56.6 Å². The predicted molar refractivity (Wildman–Crippen MR) is 77.9 cm³/mol. The maximum Gasteiger partial charge on any atom is 0.419 e. The highest BCUT2D eigenvalue weighted by atomic mass is 16.5. The Balaban J connectivity index is 2.06. The third kappa shape index (κ3) is 2.23. The number of carbonyl (C=O) groups excluding carboxylic acids is 1. The summed E-state index contributed by atoms with van der Waals surface area (Å²) in [5.74, 6) is 0.0199. The standard InChI is InChI=1S/C16H13NO4/c1-17-13-7-6-11(9-14(13)21-16(17)19)15(18)10-4-3-5-12(8-10)20-2/h3-9H,1-2H3. The number of ketones is 1. The molecule has 0 saturated heterocycles. The quantitative estimate of drug-likeness (QED) is 0.692. The minimum atomic E-state index is -0.448. The van der Waals surface area contributed by atoms with Crippen LogP contribution < -0.4 is 10.5 Å². The Morgan fingerprint density at radius 3 is 2.67 bits per heavy atom. The smallest absolute Gasteiger partial charge is 0.419 e. The van der Waals surface area contributed by atoms with Crippen molar-refractivity contribution in [1.29, 1.82) is 0 Å². The molecule has 0 radical (unpaired) electrons. The molecule has 0 fully saturated rings. The summed E-state index contributed by atoms with van der Waals surface area (Å²) in [5, 5.41) is 0. The lowest BCUT2D eigenvalue weighted by atomic mass is 10.0. The zero-order chi connectivity index (χ0) is 15.0. The summed E-state index contributed by atoms with van der Waals surface area (Å²) >= 11 is 0. The number of methoxy groups -OCH3 is 1. The molecule has 5 nitrogen and oxygen atoms in total. The second kappa shape index (κ2) is 4.94. The fourth-order valence-corrected chi connectivity index (χ4v) is 2.21. The predicted octanol–water partition coefficient (Wildman–Crippen LogP) is 2.37. The summed E-state index contributed by atoms with van der Waals surface area (Å²) in [7, 11) is 3.17. The van der Waals surface area contributed by atoms with Gasteiger partial charge in [0.25, 0.3) is 0 Å². The van der Waals surface area contributed by atoms with Gasteiger partial charge in [-0.2, -0.15) is 0 Å². The van der Waals surface area contributed by atoms with E-state index < -0.39 is 5.76 Å². The number of aromatic nitrogens is 1. The molecule has 3 aromatic rings. The van der Waals surface area contributed by atoms with Crippen molar-refractivity contribution >= 4 is 16.9 Å². The number of rotatable bonds is 3. The van der Waals surface area contributed by atoms with E-state index in [1.807, 2.05) is 0 Å². The third-order valence-electron chi connectivity index (χ3n) is 3.39. The lowest BCUT2D eigenvalue weighted by Gasteiger charge is -2.04. The number of fused-ring (bicyclic) bond motifs is 1. The number of carbonyl (C=O) groups is 1. The van der Waals surface area contributed by atoms with Crippen LogP contribution in [-0.4, -0.2) is 17.5 Å². The summed E-state index contributed by atoms with van der Waals surface area (Å²) in [5.41, 5.74) is 2.04. The van der Waals surface area contributed by atoms with Crippen LogP contribution in [0.25, 0.3) is 11.1 Å². The largest absolute Gasteiger partial charge is 0.497 e. The monoisotopic (exact) mass is 283 g/mol. The van der Waals surface area contributed by atoms with Gasteiger partial charge in [-0.1, -0.05) is 12.1 Å². The highest BCUT2D eigenvalue weighted by Gasteiger charge is 2.13. The molecule has 0 N–H and O–H groups in total. The van der Waals surface area contributed by atoms with Gasteiger partial charge in [-0.25, -0.2) is 4.79 Å². The zero-order valence-electron chi connectivity index (χ0n) is 11.6. The minimum Gasteiger partial charge on any atom is -0.497 e. The first kappa shape index (κ1) is 13.2. The molecule has 0 aliphatic heterocycles. The summed E-state index contributed by atoms with van der Waals surface area (Å²) in [6.45, 7) is 0. The van der Waals surface area contributed by atoms with E-state index >= 15 is 0 Å². The highest BCUT2D eigenvalue weighted by Crippen LogP contribution is 2.19. The van der Waals surface area contributed by atoms with Crippen molar-refractivity contribution in [2.45, 2.75) is 0 Å². The molecular weight excluding hydrogens is 270 g/mol. The molecule has 0 unspecified atom stereocenters. The van der Waals surface area contributed by atoms with E-state index in [2.05, 4.69) is 0 Å². The van der Waals surface area contributed by atoms with Crippen LogP contribution in [0, 0.1) is 0 Å². The van der Waals surface area contributed by atoms with E-state index in [1.165, 1.54) is 4.57 Å². The van der Waals surface area contributed by atoms with Gasteiger partial charge < -0.3 is 9.15 Å². The average Bonchev–Trinajstić information content (AvgIpc) is 2.81. The Morgan fingerprint density at radius 2 is 1.90 bits per heavy atom. The van der Waals surface area contributed by atoms with Gasteiger partial charge in [0.1, 0.15) is 5.75 Å². The molecule has 0 saturated carbocycles. The maximum atomic E-state index is 12.5. The fraction of sp³-hybridized carbons (Fsp3) is 0.125. The van der Waals surface area contributed by atoms with Gasteiger partial charge in [0, 0.05) is 18.2 Å². The number of oxazole rings is 1. The number of nitrogens with zero attached hydrogens (tertiary/aromatic N) is 1. The average molecular weight is 283 g/mol. The second-order valence-electron chi connectivity index (χ2n) is 4.67. The molecule has 2 aromatic carbocycles. The van der Waals surface area contributed by atoms with Crippen molar-refractivity contribution in [1.82, 2.24) is 4.57 Å².